The quantitative estimate of drug-likeness (QED) is 0.403. The lowest BCUT2D eigenvalue weighted by Gasteiger charge is -1.99. The first-order chi connectivity index (χ1) is 4.04. The van der Waals surface area contributed by atoms with E-state index in [1.807, 2.05) is 0 Å². The summed E-state index contributed by atoms with van der Waals surface area (Å²) in [4.78, 5) is 19.6. The molecule has 0 aliphatic rings. The van der Waals surface area contributed by atoms with E-state index >= 15 is 0 Å². The van der Waals surface area contributed by atoms with E-state index in [2.05, 4.69) is 0 Å². The third-order valence-electron chi connectivity index (χ3n) is 0.712. The van der Waals surface area contributed by atoms with Gasteiger partial charge in [0.25, 0.3) is 0 Å². The molecule has 0 heterocycles. The Balaban J connectivity index is -0.0000000320. The van der Waals surface area contributed by atoms with E-state index in [1.54, 1.807) is 0 Å². The van der Waals surface area contributed by atoms with Crippen molar-refractivity contribution < 1.29 is 41.7 Å². The standard InChI is InChI=1S/C4H7NO4.Mg.4H2O.2H/c5-2(4(8)9)1-3(6)7;;;;;;;/h2H,1,5H2,(H,6,7)(H,8,9);;4*1H2;;. The van der Waals surface area contributed by atoms with Gasteiger partial charge in [0.1, 0.15) is 6.04 Å². The van der Waals surface area contributed by atoms with Crippen LogP contribution in [0.15, 0.2) is 0 Å². The number of carboxylic acids is 2. The molecule has 0 saturated carbocycles. The van der Waals surface area contributed by atoms with Gasteiger partial charge in [0.05, 0.1) is 6.42 Å². The van der Waals surface area contributed by atoms with Crippen LogP contribution in [0.2, 0.25) is 0 Å². The molecule has 0 fully saturated rings. The van der Waals surface area contributed by atoms with Gasteiger partial charge in [-0.3, -0.25) is 9.59 Å². The second-order valence-corrected chi connectivity index (χ2v) is 1.54. The van der Waals surface area contributed by atoms with E-state index in [9.17, 15) is 9.59 Å². The van der Waals surface area contributed by atoms with Crippen molar-refractivity contribution >= 4 is 35.0 Å². The smallest absolute Gasteiger partial charge is 0.321 e. The number of nitrogens with two attached hydrogens (primary N) is 1. The van der Waals surface area contributed by atoms with Crippen molar-refractivity contribution in [3.8, 4) is 0 Å². The fourth-order valence-electron chi connectivity index (χ4n) is 0.275. The molecule has 0 saturated heterocycles. The van der Waals surface area contributed by atoms with Crippen LogP contribution in [0.4, 0.5) is 0 Å². The molecule has 0 aromatic heterocycles. The molecule has 12 N–H and O–H groups in total. The molecular weight excluding hydrogens is 214 g/mol. The van der Waals surface area contributed by atoms with Crippen molar-refractivity contribution in [2.75, 3.05) is 0 Å². The highest BCUT2D eigenvalue weighted by Gasteiger charge is 2.14. The maximum Gasteiger partial charge on any atom is 0.321 e. The number of hydrogen-bond donors (Lipinski definition) is 3. The minimum atomic E-state index is -1.29. The lowest BCUT2D eigenvalue weighted by Crippen LogP contribution is -2.32. The first-order valence-corrected chi connectivity index (χ1v) is 2.24. The maximum absolute atomic E-state index is 9.85. The number of hydrogen-bond acceptors (Lipinski definition) is 3. The van der Waals surface area contributed by atoms with Crippen molar-refractivity contribution in [2.45, 2.75) is 12.5 Å². The number of carboxylic acid groups (broad SMARTS) is 2. The highest BCUT2D eigenvalue weighted by atomic mass is 24.3. The predicted molar refractivity (Wildman–Crippen MR) is 50.9 cm³/mol. The molecule has 1 unspecified atom stereocenters. The molecule has 88 valence electrons. The second kappa shape index (κ2) is 18.3. The summed E-state index contributed by atoms with van der Waals surface area (Å²) in [5.41, 5.74) is 4.84. The largest absolute Gasteiger partial charge is 0.481 e. The zero-order valence-electron chi connectivity index (χ0n) is 6.57. The van der Waals surface area contributed by atoms with Crippen LogP contribution in [-0.4, -0.2) is 73.2 Å². The molecule has 0 bridgehead atoms. The molecule has 0 aromatic rings. The topological polar surface area (TPSA) is 227 Å². The molecule has 14 heavy (non-hydrogen) atoms. The molecule has 10 heteroatoms. The van der Waals surface area contributed by atoms with E-state index in [1.165, 1.54) is 0 Å². The van der Waals surface area contributed by atoms with Gasteiger partial charge >= 0.3 is 35.0 Å². The Hall–Kier alpha value is -0.494. The van der Waals surface area contributed by atoms with E-state index < -0.39 is 24.4 Å². The summed E-state index contributed by atoms with van der Waals surface area (Å²) in [7, 11) is 0. The lowest BCUT2D eigenvalue weighted by atomic mass is 10.2. The third-order valence-corrected chi connectivity index (χ3v) is 0.712. The van der Waals surface area contributed by atoms with Gasteiger partial charge in [-0.15, -0.1) is 0 Å². The predicted octanol–water partition coefficient (Wildman–Crippen LogP) is -5.34. The fraction of sp³-hybridized carbons (Fsp3) is 0.500. The van der Waals surface area contributed by atoms with Gasteiger partial charge in [0.2, 0.25) is 0 Å². The van der Waals surface area contributed by atoms with Gasteiger partial charge in [-0.05, 0) is 0 Å². The molecular formula is C4H17MgNO8. The summed E-state index contributed by atoms with van der Waals surface area (Å²) in [5, 5.41) is 16.0. The number of rotatable bonds is 3. The van der Waals surface area contributed by atoms with Crippen LogP contribution in [0.5, 0.6) is 0 Å². The Labute approximate surface area is 95.3 Å². The summed E-state index contributed by atoms with van der Waals surface area (Å²) in [6.45, 7) is 0. The molecule has 0 spiro atoms. The molecule has 9 nitrogen and oxygen atoms in total. The SMILES string of the molecule is NC(CC(=O)O)C(=O)O.O.O.O.O.[MgH2]. The summed E-state index contributed by atoms with van der Waals surface area (Å²) in [6.07, 6.45) is -0.532. The monoisotopic (exact) mass is 231 g/mol. The molecule has 0 amide bonds. The van der Waals surface area contributed by atoms with Gasteiger partial charge < -0.3 is 37.9 Å². The zero-order valence-corrected chi connectivity index (χ0v) is 6.57. The van der Waals surface area contributed by atoms with Gasteiger partial charge in [-0.2, -0.15) is 0 Å². The minimum absolute atomic E-state index is 0. The Bertz CT molecular complexity index is 141. The van der Waals surface area contributed by atoms with Gasteiger partial charge in [0, 0.05) is 0 Å². The Morgan fingerprint density at radius 2 is 1.36 bits per heavy atom. The van der Waals surface area contributed by atoms with E-state index in [4.69, 9.17) is 15.9 Å². The van der Waals surface area contributed by atoms with Crippen LogP contribution < -0.4 is 5.73 Å². The van der Waals surface area contributed by atoms with Crippen LogP contribution >= 0.6 is 0 Å². The van der Waals surface area contributed by atoms with Gasteiger partial charge in [-0.25, -0.2) is 0 Å². The van der Waals surface area contributed by atoms with Crippen molar-refractivity contribution in [1.29, 1.82) is 0 Å². The molecule has 0 rings (SSSR count). The summed E-state index contributed by atoms with van der Waals surface area (Å²) in [5.74, 6) is -2.50. The number of aliphatic carboxylic acids is 2. The first kappa shape index (κ1) is 37.5. The normalized spacial score (nSPS) is 8.07. The average molecular weight is 231 g/mol. The molecule has 1 atom stereocenters. The first-order valence-electron chi connectivity index (χ1n) is 2.24. The van der Waals surface area contributed by atoms with Crippen LogP contribution in [0, 0.1) is 0 Å². The van der Waals surface area contributed by atoms with Crippen LogP contribution in [0.25, 0.3) is 0 Å². The Morgan fingerprint density at radius 1 is 1.07 bits per heavy atom. The minimum Gasteiger partial charge on any atom is -0.481 e. The second-order valence-electron chi connectivity index (χ2n) is 1.54. The van der Waals surface area contributed by atoms with Crippen LogP contribution in [0.1, 0.15) is 6.42 Å². The summed E-state index contributed by atoms with van der Waals surface area (Å²) < 4.78 is 0. The maximum atomic E-state index is 9.85. The highest BCUT2D eigenvalue weighted by molar-refractivity contribution is 5.80. The van der Waals surface area contributed by atoms with Crippen LogP contribution in [0.3, 0.4) is 0 Å². The molecule has 0 radical (unpaired) electrons. The van der Waals surface area contributed by atoms with E-state index in [-0.39, 0.29) is 45.0 Å². The van der Waals surface area contributed by atoms with E-state index in [0.717, 1.165) is 0 Å². The van der Waals surface area contributed by atoms with Crippen LogP contribution in [-0.2, 0) is 9.59 Å². The third kappa shape index (κ3) is 22.5. The van der Waals surface area contributed by atoms with Crippen molar-refractivity contribution in [3.63, 3.8) is 0 Å². The lowest BCUT2D eigenvalue weighted by molar-refractivity contribution is -0.144. The Morgan fingerprint density at radius 3 is 1.43 bits per heavy atom. The fourth-order valence-corrected chi connectivity index (χ4v) is 0.275. The zero-order chi connectivity index (χ0) is 7.44. The van der Waals surface area contributed by atoms with Gasteiger partial charge in [-0.1, -0.05) is 0 Å². The summed E-state index contributed by atoms with van der Waals surface area (Å²) in [6, 6.07) is -1.29. The van der Waals surface area contributed by atoms with Gasteiger partial charge in [0.15, 0.2) is 0 Å². The Kier molecular flexibility index (Phi) is 49.1. The number of carbonyl (C=O) groups is 2. The van der Waals surface area contributed by atoms with E-state index in [0.29, 0.717) is 0 Å². The van der Waals surface area contributed by atoms with Crippen molar-refractivity contribution in [2.24, 2.45) is 5.73 Å². The van der Waals surface area contributed by atoms with Crippen molar-refractivity contribution in [1.82, 2.24) is 0 Å². The van der Waals surface area contributed by atoms with Crippen molar-refractivity contribution in [3.05, 3.63) is 0 Å². The molecule has 0 aliphatic heterocycles. The molecule has 0 aromatic carbocycles. The summed E-state index contributed by atoms with van der Waals surface area (Å²) >= 11 is 0. The molecule has 0 aliphatic carbocycles. The average Bonchev–Trinajstić information content (AvgIpc) is 1.63. The highest BCUT2D eigenvalue weighted by Crippen LogP contribution is 1.86.